The van der Waals surface area contributed by atoms with Gasteiger partial charge in [-0.15, -0.1) is 0 Å². The number of ketones is 1. The van der Waals surface area contributed by atoms with Crippen LogP contribution in [0.1, 0.15) is 10.4 Å². The third kappa shape index (κ3) is 2.95. The number of ether oxygens (including phenoxy) is 1. The molecule has 0 atom stereocenters. The van der Waals surface area contributed by atoms with E-state index in [2.05, 4.69) is 0 Å². The Morgan fingerprint density at radius 2 is 2.13 bits per heavy atom. The van der Waals surface area contributed by atoms with Crippen LogP contribution in [-0.4, -0.2) is 43.5 Å². The average Bonchev–Trinajstić information content (AvgIpc) is 2.16. The van der Waals surface area contributed by atoms with Crippen LogP contribution in [0.2, 0.25) is 0 Å². The zero-order chi connectivity index (χ0) is 11.4. The number of rotatable bonds is 4. The van der Waals surface area contributed by atoms with Crippen molar-refractivity contribution in [3.8, 4) is 11.5 Å². The van der Waals surface area contributed by atoms with Crippen molar-refractivity contribution in [1.82, 2.24) is 4.90 Å². The Labute approximate surface area is 89.1 Å². The van der Waals surface area contributed by atoms with E-state index < -0.39 is 0 Å². The number of likely N-dealkylation sites (N-methyl/N-ethyl adjacent to an activating group) is 1. The predicted molar refractivity (Wildman–Crippen MR) is 57.5 cm³/mol. The third-order valence-corrected chi connectivity index (χ3v) is 1.96. The summed E-state index contributed by atoms with van der Waals surface area (Å²) in [6.45, 7) is 0.325. The van der Waals surface area contributed by atoms with Gasteiger partial charge in [-0.3, -0.25) is 4.79 Å². The SMILES string of the molecule is COc1ccc(C(=O)CN(C)C)cc1O. The summed E-state index contributed by atoms with van der Waals surface area (Å²) in [5, 5.41) is 9.48. The molecule has 4 nitrogen and oxygen atoms in total. The van der Waals surface area contributed by atoms with Gasteiger partial charge in [0, 0.05) is 5.56 Å². The maximum atomic E-state index is 11.6. The van der Waals surface area contributed by atoms with Crippen molar-refractivity contribution in [3.05, 3.63) is 23.8 Å². The van der Waals surface area contributed by atoms with E-state index in [1.807, 2.05) is 14.1 Å². The first-order valence-corrected chi connectivity index (χ1v) is 4.59. The predicted octanol–water partition coefficient (Wildman–Crippen LogP) is 1.15. The fourth-order valence-electron chi connectivity index (χ4n) is 1.24. The summed E-state index contributed by atoms with van der Waals surface area (Å²) in [4.78, 5) is 13.4. The molecule has 1 rings (SSSR count). The first kappa shape index (κ1) is 11.5. The summed E-state index contributed by atoms with van der Waals surface area (Å²) < 4.78 is 4.89. The highest BCUT2D eigenvalue weighted by Gasteiger charge is 2.10. The van der Waals surface area contributed by atoms with E-state index in [4.69, 9.17) is 4.74 Å². The minimum absolute atomic E-state index is 0.0119. The number of benzene rings is 1. The molecule has 15 heavy (non-hydrogen) atoms. The van der Waals surface area contributed by atoms with E-state index in [0.717, 1.165) is 0 Å². The van der Waals surface area contributed by atoms with Crippen LogP contribution in [0, 0.1) is 0 Å². The topological polar surface area (TPSA) is 49.8 Å². The molecule has 1 N–H and O–H groups in total. The standard InChI is InChI=1S/C11H15NO3/c1-12(2)7-10(14)8-4-5-11(15-3)9(13)6-8/h4-6,13H,7H2,1-3H3. The number of hydrogen-bond acceptors (Lipinski definition) is 4. The van der Waals surface area contributed by atoms with Gasteiger partial charge in [-0.25, -0.2) is 0 Å². The van der Waals surface area contributed by atoms with Crippen LogP contribution < -0.4 is 4.74 Å². The molecule has 0 aliphatic rings. The molecule has 0 radical (unpaired) electrons. The summed E-state index contributed by atoms with van der Waals surface area (Å²) in [5.74, 6) is 0.330. The fourth-order valence-corrected chi connectivity index (χ4v) is 1.24. The summed E-state index contributed by atoms with van der Waals surface area (Å²) in [6, 6.07) is 4.65. The van der Waals surface area contributed by atoms with Crippen LogP contribution in [0.5, 0.6) is 11.5 Å². The van der Waals surface area contributed by atoms with Crippen molar-refractivity contribution in [1.29, 1.82) is 0 Å². The van der Waals surface area contributed by atoms with E-state index in [1.54, 1.807) is 17.0 Å². The number of methoxy groups -OCH3 is 1. The van der Waals surface area contributed by atoms with Crippen LogP contribution in [0.15, 0.2) is 18.2 Å². The second-order valence-corrected chi connectivity index (χ2v) is 3.55. The second kappa shape index (κ2) is 4.79. The number of nitrogens with zero attached hydrogens (tertiary/aromatic N) is 1. The van der Waals surface area contributed by atoms with Gasteiger partial charge >= 0.3 is 0 Å². The largest absolute Gasteiger partial charge is 0.504 e. The fraction of sp³-hybridized carbons (Fsp3) is 0.364. The summed E-state index contributed by atoms with van der Waals surface area (Å²) in [5.41, 5.74) is 0.488. The maximum absolute atomic E-state index is 11.6. The minimum atomic E-state index is -0.0297. The van der Waals surface area contributed by atoms with Crippen LogP contribution >= 0.6 is 0 Å². The van der Waals surface area contributed by atoms with Crippen molar-refractivity contribution in [2.45, 2.75) is 0 Å². The Balaban J connectivity index is 2.87. The Bertz CT molecular complexity index is 361. The number of aromatic hydroxyl groups is 1. The molecule has 0 aromatic heterocycles. The van der Waals surface area contributed by atoms with Gasteiger partial charge in [0.1, 0.15) is 0 Å². The van der Waals surface area contributed by atoms with E-state index >= 15 is 0 Å². The monoisotopic (exact) mass is 209 g/mol. The number of carbonyl (C=O) groups excluding carboxylic acids is 1. The Morgan fingerprint density at radius 1 is 1.47 bits per heavy atom. The normalized spacial score (nSPS) is 10.4. The zero-order valence-corrected chi connectivity index (χ0v) is 9.15. The minimum Gasteiger partial charge on any atom is -0.504 e. The van der Waals surface area contributed by atoms with Gasteiger partial charge in [0.05, 0.1) is 13.7 Å². The molecule has 0 saturated carbocycles. The van der Waals surface area contributed by atoms with Crippen LogP contribution in [-0.2, 0) is 0 Å². The molecule has 1 aromatic carbocycles. The third-order valence-electron chi connectivity index (χ3n) is 1.96. The molecular formula is C11H15NO3. The van der Waals surface area contributed by atoms with Crippen LogP contribution in [0.25, 0.3) is 0 Å². The van der Waals surface area contributed by atoms with Gasteiger partial charge in [-0.05, 0) is 32.3 Å². The van der Waals surface area contributed by atoms with Crippen molar-refractivity contribution in [2.75, 3.05) is 27.7 Å². The molecule has 0 bridgehead atoms. The van der Waals surface area contributed by atoms with Crippen molar-refractivity contribution in [3.63, 3.8) is 0 Å². The van der Waals surface area contributed by atoms with Gasteiger partial charge in [-0.1, -0.05) is 0 Å². The number of Topliss-reactive ketones (excluding diaryl/α,β-unsaturated/α-hetero) is 1. The maximum Gasteiger partial charge on any atom is 0.176 e. The van der Waals surface area contributed by atoms with Gasteiger partial charge < -0.3 is 14.7 Å². The Hall–Kier alpha value is -1.55. The Kier molecular flexibility index (Phi) is 3.68. The van der Waals surface area contributed by atoms with Gasteiger partial charge in [-0.2, -0.15) is 0 Å². The van der Waals surface area contributed by atoms with Crippen LogP contribution in [0.3, 0.4) is 0 Å². The van der Waals surface area contributed by atoms with Gasteiger partial charge in [0.15, 0.2) is 17.3 Å². The van der Waals surface area contributed by atoms with Crippen molar-refractivity contribution >= 4 is 5.78 Å². The molecule has 0 aliphatic carbocycles. The van der Waals surface area contributed by atoms with E-state index in [1.165, 1.54) is 13.2 Å². The molecule has 0 aliphatic heterocycles. The molecule has 0 amide bonds. The van der Waals surface area contributed by atoms with Crippen LogP contribution in [0.4, 0.5) is 0 Å². The lowest BCUT2D eigenvalue weighted by molar-refractivity contribution is 0.0957. The number of carbonyl (C=O) groups is 1. The van der Waals surface area contributed by atoms with Gasteiger partial charge in [0.2, 0.25) is 0 Å². The summed E-state index contributed by atoms with van der Waals surface area (Å²) in [7, 11) is 5.11. The molecule has 0 saturated heterocycles. The highest BCUT2D eigenvalue weighted by Crippen LogP contribution is 2.26. The first-order valence-electron chi connectivity index (χ1n) is 4.59. The lowest BCUT2D eigenvalue weighted by Crippen LogP contribution is -2.21. The molecule has 0 fully saturated rings. The molecule has 0 spiro atoms. The smallest absolute Gasteiger partial charge is 0.176 e. The highest BCUT2D eigenvalue weighted by atomic mass is 16.5. The average molecular weight is 209 g/mol. The summed E-state index contributed by atoms with van der Waals surface area (Å²) >= 11 is 0. The highest BCUT2D eigenvalue weighted by molar-refractivity contribution is 5.98. The number of phenols is 1. The van der Waals surface area contributed by atoms with E-state index in [9.17, 15) is 9.90 Å². The molecule has 0 heterocycles. The lowest BCUT2D eigenvalue weighted by Gasteiger charge is -2.09. The molecular weight excluding hydrogens is 194 g/mol. The molecule has 0 unspecified atom stereocenters. The summed E-state index contributed by atoms with van der Waals surface area (Å²) in [6.07, 6.45) is 0. The quantitative estimate of drug-likeness (QED) is 0.756. The Morgan fingerprint density at radius 3 is 2.60 bits per heavy atom. The molecule has 82 valence electrons. The lowest BCUT2D eigenvalue weighted by atomic mass is 10.1. The second-order valence-electron chi connectivity index (χ2n) is 3.55. The van der Waals surface area contributed by atoms with Crippen molar-refractivity contribution < 1.29 is 14.6 Å². The molecule has 1 aromatic rings. The van der Waals surface area contributed by atoms with E-state index in [-0.39, 0.29) is 11.5 Å². The van der Waals surface area contributed by atoms with Crippen molar-refractivity contribution in [2.24, 2.45) is 0 Å². The first-order chi connectivity index (χ1) is 7.04. The number of hydrogen-bond donors (Lipinski definition) is 1. The van der Waals surface area contributed by atoms with E-state index in [0.29, 0.717) is 17.9 Å². The zero-order valence-electron chi connectivity index (χ0n) is 9.15. The van der Waals surface area contributed by atoms with Gasteiger partial charge in [0.25, 0.3) is 0 Å². The molecule has 4 heteroatoms. The number of phenolic OH excluding ortho intramolecular Hbond substituents is 1.